The first kappa shape index (κ1) is 33.3. The monoisotopic (exact) mass is 662 g/mol. The van der Waals surface area contributed by atoms with Crippen LogP contribution in [0.15, 0.2) is 75.6 Å². The van der Waals surface area contributed by atoms with Gasteiger partial charge >= 0.3 is 279 Å². The third-order valence-corrected chi connectivity index (χ3v) is 18.5. The van der Waals surface area contributed by atoms with Crippen LogP contribution in [-0.2, 0) is 32.1 Å². The van der Waals surface area contributed by atoms with Gasteiger partial charge in [-0.2, -0.15) is 0 Å². The van der Waals surface area contributed by atoms with Crippen molar-refractivity contribution in [2.24, 2.45) is 11.3 Å². The van der Waals surface area contributed by atoms with E-state index in [1.807, 2.05) is 0 Å². The summed E-state index contributed by atoms with van der Waals surface area (Å²) >= 11 is -2.62. The Morgan fingerprint density at radius 1 is 0.705 bits per heavy atom. The molecule has 0 nitrogen and oxygen atoms in total. The third-order valence-electron chi connectivity index (χ3n) is 10.1. The van der Waals surface area contributed by atoms with Gasteiger partial charge in [-0.15, -0.1) is 0 Å². The van der Waals surface area contributed by atoms with Gasteiger partial charge in [0.25, 0.3) is 0 Å². The summed E-state index contributed by atoms with van der Waals surface area (Å²) < 4.78 is 3.96. The topological polar surface area (TPSA) is 0 Å². The molecule has 1 unspecified atom stereocenters. The molecule has 0 spiro atoms. The van der Waals surface area contributed by atoms with E-state index in [0.29, 0.717) is 9.54 Å². The molecule has 0 bridgehead atoms. The molecule has 0 amide bonds. The Morgan fingerprint density at radius 3 is 1.64 bits per heavy atom. The van der Waals surface area contributed by atoms with Gasteiger partial charge in [0.2, 0.25) is 0 Å². The van der Waals surface area contributed by atoms with Crippen LogP contribution in [0.1, 0.15) is 132 Å². The molecule has 1 atom stereocenters. The van der Waals surface area contributed by atoms with Gasteiger partial charge < -0.3 is 0 Å². The second kappa shape index (κ2) is 11.9. The number of hydrogen-bond acceptors (Lipinski definition) is 0. The summed E-state index contributed by atoms with van der Waals surface area (Å²) in [7, 11) is 0. The Bertz CT molecular complexity index is 1600. The molecular weight excluding hydrogens is 608 g/mol. The predicted octanol–water partition coefficient (Wildman–Crippen LogP) is 12.1. The van der Waals surface area contributed by atoms with E-state index in [2.05, 4.69) is 157 Å². The fourth-order valence-corrected chi connectivity index (χ4v) is 17.0. The molecule has 1 heteroatoms. The molecule has 0 saturated carbocycles. The second-order valence-corrected chi connectivity index (χ2v) is 23.4. The molecule has 0 aromatic heterocycles. The Hall–Kier alpha value is -2.11. The van der Waals surface area contributed by atoms with Crippen LogP contribution in [0.2, 0.25) is 0 Å². The van der Waals surface area contributed by atoms with Gasteiger partial charge in [-0.25, -0.2) is 0 Å². The van der Waals surface area contributed by atoms with Crippen molar-refractivity contribution in [2.45, 2.75) is 117 Å². The summed E-state index contributed by atoms with van der Waals surface area (Å²) in [6.45, 7) is 31.0. The van der Waals surface area contributed by atoms with Crippen LogP contribution >= 0.6 is 0 Å². The zero-order chi connectivity index (χ0) is 32.4. The SMILES string of the molecule is CCCC1C=C(C(C)(C)C)C=[C]1[Zr](=[C](C)c1ccccc1)[CH]1c2cc(C)c(C(C)(C)C)cc2-c2cc(C(C)(C)C)c(C)cc21. The number of hydrogen-bond donors (Lipinski definition) is 0. The van der Waals surface area contributed by atoms with Crippen LogP contribution in [0.3, 0.4) is 0 Å². The Labute approximate surface area is 277 Å². The summed E-state index contributed by atoms with van der Waals surface area (Å²) in [5.41, 5.74) is 15.4. The fraction of sp³-hybridized carbons (Fsp3) is 0.465. The number of rotatable bonds is 5. The number of allylic oxidation sites excluding steroid dienone is 4. The molecule has 0 N–H and O–H groups in total. The zero-order valence-corrected chi connectivity index (χ0v) is 32.4. The van der Waals surface area contributed by atoms with Gasteiger partial charge in [0.15, 0.2) is 0 Å². The maximum absolute atomic E-state index is 2.70. The standard InChI is InChI=1S/C23H29.C12H19.C8H8.Zr/c1-14-9-16-11-17-10-15(2)21(23(6,7)8)13-19(17)18(16)12-20(14)22(3,4)5;1-5-6-10-7-8-11(9-10)12(2,3)4;1-2-8-6-4-3-5-7-8;/h9-13H,1-8H3;8-10H,5-6H2,1-4H3;3-7H,1H3;. The molecule has 0 aliphatic heterocycles. The van der Waals surface area contributed by atoms with Crippen molar-refractivity contribution < 1.29 is 21.3 Å². The zero-order valence-electron chi connectivity index (χ0n) is 29.9. The van der Waals surface area contributed by atoms with Crippen LogP contribution in [0.4, 0.5) is 0 Å². The fourth-order valence-electron chi connectivity index (χ4n) is 7.87. The second-order valence-electron chi connectivity index (χ2n) is 16.7. The quantitative estimate of drug-likeness (QED) is 0.255. The molecule has 44 heavy (non-hydrogen) atoms. The van der Waals surface area contributed by atoms with Crippen LogP contribution in [-0.4, -0.2) is 3.21 Å². The summed E-state index contributed by atoms with van der Waals surface area (Å²) in [5.74, 6) is 0.555. The van der Waals surface area contributed by atoms with E-state index in [4.69, 9.17) is 0 Å². The summed E-state index contributed by atoms with van der Waals surface area (Å²) in [6, 6.07) is 21.8. The Kier molecular flexibility index (Phi) is 9.01. The van der Waals surface area contributed by atoms with Crippen LogP contribution in [0, 0.1) is 25.2 Å². The number of benzene rings is 3. The van der Waals surface area contributed by atoms with Crippen molar-refractivity contribution in [3.8, 4) is 11.1 Å². The minimum atomic E-state index is -2.62. The van der Waals surface area contributed by atoms with E-state index < -0.39 is 21.3 Å². The Morgan fingerprint density at radius 2 is 1.20 bits per heavy atom. The van der Waals surface area contributed by atoms with Crippen LogP contribution in [0.5, 0.6) is 0 Å². The van der Waals surface area contributed by atoms with Crippen molar-refractivity contribution >= 4 is 3.21 Å². The first-order valence-corrected chi connectivity index (χ1v) is 20.8. The van der Waals surface area contributed by atoms with Crippen molar-refractivity contribution in [2.75, 3.05) is 0 Å². The first-order valence-electron chi connectivity index (χ1n) is 16.9. The van der Waals surface area contributed by atoms with Gasteiger partial charge in [-0.3, -0.25) is 0 Å². The normalized spacial score (nSPS) is 17.7. The molecule has 3 aromatic carbocycles. The van der Waals surface area contributed by atoms with E-state index in [1.54, 1.807) is 23.2 Å². The molecule has 2 aliphatic rings. The average Bonchev–Trinajstić information content (AvgIpc) is 3.47. The van der Waals surface area contributed by atoms with E-state index >= 15 is 0 Å². The van der Waals surface area contributed by atoms with E-state index in [0.717, 1.165) is 0 Å². The molecule has 2 aliphatic carbocycles. The summed E-state index contributed by atoms with van der Waals surface area (Å²) in [6.07, 6.45) is 7.83. The van der Waals surface area contributed by atoms with Crippen molar-refractivity contribution in [1.82, 2.24) is 0 Å². The summed E-state index contributed by atoms with van der Waals surface area (Å²) in [4.78, 5) is 0. The van der Waals surface area contributed by atoms with E-state index in [1.165, 1.54) is 51.8 Å². The first-order chi connectivity index (χ1) is 20.4. The molecule has 3 aromatic rings. The van der Waals surface area contributed by atoms with Gasteiger partial charge in [0.1, 0.15) is 0 Å². The van der Waals surface area contributed by atoms with E-state index in [-0.39, 0.29) is 16.2 Å². The average molecular weight is 664 g/mol. The van der Waals surface area contributed by atoms with Gasteiger partial charge in [-0.1, -0.05) is 0 Å². The van der Waals surface area contributed by atoms with Crippen molar-refractivity contribution in [3.05, 3.63) is 115 Å². The summed E-state index contributed by atoms with van der Waals surface area (Å²) in [5, 5.41) is 0. The molecular formula is C43H56Zr. The van der Waals surface area contributed by atoms with Gasteiger partial charge in [0, 0.05) is 0 Å². The van der Waals surface area contributed by atoms with Gasteiger partial charge in [-0.05, 0) is 0 Å². The maximum atomic E-state index is 2.70. The molecule has 0 heterocycles. The van der Waals surface area contributed by atoms with Crippen LogP contribution in [0.25, 0.3) is 11.1 Å². The third kappa shape index (κ3) is 6.17. The molecule has 0 radical (unpaired) electrons. The molecule has 232 valence electrons. The Balaban J connectivity index is 1.89. The minimum absolute atomic E-state index is 0.105. The molecule has 0 saturated heterocycles. The number of aryl methyl sites for hydroxylation is 2. The molecule has 0 fully saturated rings. The van der Waals surface area contributed by atoms with Gasteiger partial charge in [0.05, 0.1) is 0 Å². The number of fused-ring (bicyclic) bond motifs is 3. The van der Waals surface area contributed by atoms with Crippen molar-refractivity contribution in [1.29, 1.82) is 0 Å². The van der Waals surface area contributed by atoms with Crippen molar-refractivity contribution in [3.63, 3.8) is 0 Å². The van der Waals surface area contributed by atoms with E-state index in [9.17, 15) is 0 Å². The predicted molar refractivity (Wildman–Crippen MR) is 191 cm³/mol. The van der Waals surface area contributed by atoms with Crippen LogP contribution < -0.4 is 0 Å². The molecule has 5 rings (SSSR count).